The smallest absolute Gasteiger partial charge is 0.122 e. The van der Waals surface area contributed by atoms with Crippen LogP contribution in [-0.4, -0.2) is 5.84 Å². The van der Waals surface area contributed by atoms with Crippen LogP contribution in [0.2, 0.25) is 20.1 Å². The minimum Gasteiger partial charge on any atom is -0.384 e. The number of nitrogens with two attached hydrogens (primary N) is 4. The number of halogens is 8. The lowest BCUT2D eigenvalue weighted by atomic mass is 10.1. The Morgan fingerprint density at radius 1 is 0.655 bits per heavy atom. The van der Waals surface area contributed by atoms with Gasteiger partial charge in [-0.25, -0.2) is 0 Å². The van der Waals surface area contributed by atoms with Crippen molar-refractivity contribution in [2.45, 2.75) is 19.6 Å². The van der Waals surface area contributed by atoms with Crippen LogP contribution in [0.25, 0.3) is 0 Å². The van der Waals surface area contributed by atoms with Gasteiger partial charge in [0.1, 0.15) is 5.84 Å². The van der Waals surface area contributed by atoms with Gasteiger partial charge in [0.05, 0.1) is 20.1 Å². The zero-order valence-electron chi connectivity index (χ0n) is 14.9. The van der Waals surface area contributed by atoms with Crippen molar-refractivity contribution in [2.75, 3.05) is 0 Å². The first-order chi connectivity index (χ1) is 11.8. The summed E-state index contributed by atoms with van der Waals surface area (Å²) < 4.78 is 0. The molecule has 2 aromatic carbocycles. The minimum absolute atomic E-state index is 0. The number of hydrogen-bond acceptors (Lipinski definition) is 4. The molecule has 0 radical (unpaired) electrons. The van der Waals surface area contributed by atoms with Crippen LogP contribution < -0.4 is 22.9 Å². The van der Waals surface area contributed by atoms with Gasteiger partial charge in [-0.2, -0.15) is 0 Å². The molecule has 0 aliphatic carbocycles. The van der Waals surface area contributed by atoms with E-state index >= 15 is 0 Å². The van der Waals surface area contributed by atoms with Gasteiger partial charge < -0.3 is 22.9 Å². The zero-order valence-corrected chi connectivity index (χ0v) is 21.2. The summed E-state index contributed by atoms with van der Waals surface area (Å²) in [5.41, 5.74) is 24.4. The minimum atomic E-state index is 0. The molecule has 0 aliphatic rings. The molecular weight excluding hydrogens is 546 g/mol. The van der Waals surface area contributed by atoms with E-state index in [-0.39, 0.29) is 68.6 Å². The average molecular weight is 569 g/mol. The van der Waals surface area contributed by atoms with Gasteiger partial charge in [-0.15, -0.1) is 49.6 Å². The first-order valence-electron chi connectivity index (χ1n) is 7.15. The highest BCUT2D eigenvalue weighted by Gasteiger charge is 2.18. The summed E-state index contributed by atoms with van der Waals surface area (Å²) in [6, 6.07) is 7.34. The second-order valence-corrected chi connectivity index (χ2v) is 6.45. The third-order valence-electron chi connectivity index (χ3n) is 3.35. The molecule has 2 rings (SSSR count). The molecule has 0 amide bonds. The molecule has 5 nitrogen and oxygen atoms in total. The van der Waals surface area contributed by atoms with Crippen molar-refractivity contribution in [1.82, 2.24) is 0 Å². The second kappa shape index (κ2) is 17.8. The highest BCUT2D eigenvalue weighted by molar-refractivity contribution is 6.48. The first-order valence-corrected chi connectivity index (χ1v) is 8.66. The summed E-state index contributed by atoms with van der Waals surface area (Å²) >= 11 is 23.8. The molecule has 0 bridgehead atoms. The normalized spacial score (nSPS) is 8.79. The van der Waals surface area contributed by atoms with Gasteiger partial charge in [0.2, 0.25) is 0 Å². The molecule has 9 N–H and O–H groups in total. The van der Waals surface area contributed by atoms with Crippen molar-refractivity contribution < 1.29 is 0 Å². The van der Waals surface area contributed by atoms with Crippen LogP contribution in [0.15, 0.2) is 24.3 Å². The van der Waals surface area contributed by atoms with E-state index in [1.165, 1.54) is 0 Å². The van der Waals surface area contributed by atoms with E-state index in [9.17, 15) is 0 Å². The van der Waals surface area contributed by atoms with E-state index in [2.05, 4.69) is 0 Å². The molecule has 0 atom stereocenters. The molecule has 2 aromatic rings. The maximum atomic E-state index is 7.11. The van der Waals surface area contributed by atoms with E-state index in [1.807, 2.05) is 12.1 Å². The van der Waals surface area contributed by atoms with Gasteiger partial charge in [0.25, 0.3) is 0 Å². The maximum absolute atomic E-state index is 7.11. The summed E-state index contributed by atoms with van der Waals surface area (Å²) in [5.74, 6) is 0.0913. The third kappa shape index (κ3) is 9.85. The number of hydrogen-bond donors (Lipinski definition) is 5. The van der Waals surface area contributed by atoms with Crippen LogP contribution in [-0.2, 0) is 19.6 Å². The average Bonchev–Trinajstić information content (AvgIpc) is 2.62. The number of nitrogens with one attached hydrogen (secondary N) is 1. The summed E-state index contributed by atoms with van der Waals surface area (Å²) in [6.45, 7) is 0.891. The fourth-order valence-corrected chi connectivity index (χ4v) is 3.14. The molecule has 0 heterocycles. The van der Waals surface area contributed by atoms with Gasteiger partial charge in [-0.3, -0.25) is 5.41 Å². The lowest BCUT2D eigenvalue weighted by Gasteiger charge is -2.13. The molecule has 0 saturated carbocycles. The zero-order chi connectivity index (χ0) is 19.1. The van der Waals surface area contributed by atoms with Gasteiger partial charge in [0.15, 0.2) is 0 Å². The molecule has 0 saturated heterocycles. The number of benzene rings is 2. The van der Waals surface area contributed by atoms with Gasteiger partial charge >= 0.3 is 0 Å². The van der Waals surface area contributed by atoms with Crippen molar-refractivity contribution in [1.29, 1.82) is 5.41 Å². The Kier molecular flexibility index (Phi) is 22.3. The Balaban J connectivity index is -0.000000193. The molecule has 0 spiro atoms. The number of nitrogen functional groups attached to an aromatic ring is 1. The highest BCUT2D eigenvalue weighted by atomic mass is 35.5. The van der Waals surface area contributed by atoms with E-state index in [1.54, 1.807) is 12.1 Å². The summed E-state index contributed by atoms with van der Waals surface area (Å²) in [6.07, 6.45) is 0. The Morgan fingerprint density at radius 3 is 1.17 bits per heavy atom. The Labute approximate surface area is 215 Å². The van der Waals surface area contributed by atoms with Gasteiger partial charge in [0, 0.05) is 36.3 Å². The van der Waals surface area contributed by atoms with E-state index in [0.29, 0.717) is 37.8 Å². The largest absolute Gasteiger partial charge is 0.384 e. The number of rotatable bonds is 4. The van der Waals surface area contributed by atoms with Crippen LogP contribution >= 0.6 is 96.0 Å². The summed E-state index contributed by atoms with van der Waals surface area (Å²) in [7, 11) is 0. The fourth-order valence-electron chi connectivity index (χ4n) is 1.90. The van der Waals surface area contributed by atoms with Crippen LogP contribution in [0.3, 0.4) is 0 Å². The van der Waals surface area contributed by atoms with E-state index in [4.69, 9.17) is 74.7 Å². The molecule has 29 heavy (non-hydrogen) atoms. The Morgan fingerprint density at radius 2 is 0.966 bits per heavy atom. The van der Waals surface area contributed by atoms with Gasteiger partial charge in [-0.05, 0) is 5.56 Å². The topological polar surface area (TPSA) is 128 Å². The third-order valence-corrected chi connectivity index (χ3v) is 5.22. The van der Waals surface area contributed by atoms with E-state index < -0.39 is 0 Å². The van der Waals surface area contributed by atoms with Crippen LogP contribution in [0.1, 0.15) is 22.3 Å². The van der Waals surface area contributed by atoms with Crippen molar-refractivity contribution >= 4 is 102 Å². The molecule has 0 fully saturated rings. The van der Waals surface area contributed by atoms with Crippen molar-refractivity contribution in [3.8, 4) is 0 Å². The molecular formula is C16H23Cl8N5. The Hall–Kier alpha value is 0.110. The Bertz CT molecular complexity index is 692. The van der Waals surface area contributed by atoms with Crippen molar-refractivity contribution in [3.05, 3.63) is 66.6 Å². The standard InChI is InChI=1S/C8H8Cl4N2.C8H11N3.4ClH/c9-5-3(1-13)6(10)8(12)4(2-14)7(5)11;9-5-6-1-3-7(4-2-6)8(10)11;;;;/h1-2,13-14H2;1-4H,5,9H2,(H3,10,11);4*1H. The predicted octanol–water partition coefficient (Wildman–Crippen LogP) is 5.33. The lowest BCUT2D eigenvalue weighted by Crippen LogP contribution is -2.10. The summed E-state index contributed by atoms with van der Waals surface area (Å²) in [5, 5.41) is 8.40. The SMILES string of the molecule is Cl.Cl.Cl.Cl.N=C(N)c1ccc(CN)cc1.NCc1c(Cl)c(Cl)c(CN)c(Cl)c1Cl. The number of amidine groups is 1. The molecule has 168 valence electrons. The predicted molar refractivity (Wildman–Crippen MR) is 137 cm³/mol. The fraction of sp³-hybridized carbons (Fsp3) is 0.188. The van der Waals surface area contributed by atoms with Crippen LogP contribution in [0, 0.1) is 5.41 Å². The molecule has 13 heteroatoms. The van der Waals surface area contributed by atoms with Crippen molar-refractivity contribution in [3.63, 3.8) is 0 Å². The van der Waals surface area contributed by atoms with Crippen LogP contribution in [0.4, 0.5) is 0 Å². The quantitative estimate of drug-likeness (QED) is 0.194. The van der Waals surface area contributed by atoms with Gasteiger partial charge in [-0.1, -0.05) is 70.7 Å². The summed E-state index contributed by atoms with van der Waals surface area (Å²) in [4.78, 5) is 0. The molecule has 0 unspecified atom stereocenters. The van der Waals surface area contributed by atoms with Crippen molar-refractivity contribution in [2.24, 2.45) is 22.9 Å². The monoisotopic (exact) mass is 565 g/mol. The maximum Gasteiger partial charge on any atom is 0.122 e. The molecule has 0 aromatic heterocycles. The lowest BCUT2D eigenvalue weighted by molar-refractivity contribution is 1.04. The molecule has 0 aliphatic heterocycles. The van der Waals surface area contributed by atoms with Crippen LogP contribution in [0.5, 0.6) is 0 Å². The first kappa shape index (κ1) is 36.5. The van der Waals surface area contributed by atoms with E-state index in [0.717, 1.165) is 11.1 Å². The second-order valence-electron chi connectivity index (χ2n) is 4.94. The highest BCUT2D eigenvalue weighted by Crippen LogP contribution is 2.40.